The van der Waals surface area contributed by atoms with E-state index in [0.29, 0.717) is 22.1 Å². The Morgan fingerprint density at radius 1 is 0.788 bits per heavy atom. The Labute approximate surface area is 207 Å². The van der Waals surface area contributed by atoms with Crippen molar-refractivity contribution in [1.82, 2.24) is 35.2 Å². The van der Waals surface area contributed by atoms with Crippen molar-refractivity contribution in [3.05, 3.63) is 76.9 Å². The molecule has 8 nitrogen and oxygen atoms in total. The third-order valence-electron chi connectivity index (χ3n) is 5.55. The average molecular weight is 504 g/mol. The van der Waals surface area contributed by atoms with E-state index in [9.17, 15) is 0 Å². The van der Waals surface area contributed by atoms with E-state index in [2.05, 4.69) is 40.1 Å². The molecule has 0 aliphatic carbocycles. The molecule has 0 radical (unpaired) electrons. The molecule has 2 fully saturated rings. The number of halogens is 3. The number of nitrogens with zero attached hydrogens (tertiary/aromatic N) is 7. The summed E-state index contributed by atoms with van der Waals surface area (Å²) in [6, 6.07) is 7.98. The maximum Gasteiger partial charge on any atom is 0.225 e. The van der Waals surface area contributed by atoms with Gasteiger partial charge in [0.1, 0.15) is 0 Å². The van der Waals surface area contributed by atoms with Gasteiger partial charge >= 0.3 is 0 Å². The van der Waals surface area contributed by atoms with Gasteiger partial charge < -0.3 is 10.2 Å². The normalized spacial score (nSPS) is 15.6. The van der Waals surface area contributed by atoms with Gasteiger partial charge in [-0.25, -0.2) is 19.9 Å². The standard InChI is InChI=1S/C15H12ClN5.C7H8ClN3.ClH/c16-14-13(17-5-6-18-14)11-8-21(9-11)15-19-7-10-3-1-2-4-12(10)20-15;8-7-6(5-3-9-4-5)10-1-2-11-7;/h1-7,11H,8-9H2;1-2,5,9H,3-4H2;1H. The predicted octanol–water partition coefficient (Wildman–Crippen LogP) is 3.92. The van der Waals surface area contributed by atoms with Crippen LogP contribution in [0.3, 0.4) is 0 Å². The largest absolute Gasteiger partial charge is 0.339 e. The third kappa shape index (κ3) is 5.14. The maximum absolute atomic E-state index is 6.08. The molecule has 33 heavy (non-hydrogen) atoms. The van der Waals surface area contributed by atoms with Crippen molar-refractivity contribution in [3.8, 4) is 0 Å². The van der Waals surface area contributed by atoms with Gasteiger partial charge in [0.05, 0.1) is 16.9 Å². The van der Waals surface area contributed by atoms with Gasteiger partial charge in [0.25, 0.3) is 0 Å². The fourth-order valence-electron chi connectivity index (χ4n) is 3.62. The first kappa shape index (κ1) is 23.5. The molecular formula is C22H21Cl3N8. The van der Waals surface area contributed by atoms with E-state index in [1.807, 2.05) is 30.5 Å². The van der Waals surface area contributed by atoms with E-state index >= 15 is 0 Å². The van der Waals surface area contributed by atoms with Crippen molar-refractivity contribution in [2.24, 2.45) is 0 Å². The highest BCUT2D eigenvalue weighted by atomic mass is 35.5. The minimum atomic E-state index is 0. The number of fused-ring (bicyclic) bond motifs is 1. The fraction of sp³-hybridized carbons (Fsp3) is 0.273. The van der Waals surface area contributed by atoms with Crippen molar-refractivity contribution >= 4 is 52.5 Å². The predicted molar refractivity (Wildman–Crippen MR) is 131 cm³/mol. The Morgan fingerprint density at radius 2 is 1.39 bits per heavy atom. The molecule has 6 rings (SSSR count). The summed E-state index contributed by atoms with van der Waals surface area (Å²) in [6.07, 6.45) is 8.43. The molecule has 2 saturated heterocycles. The van der Waals surface area contributed by atoms with Gasteiger partial charge in [-0.3, -0.25) is 9.97 Å². The van der Waals surface area contributed by atoms with Gasteiger partial charge in [-0.05, 0) is 6.07 Å². The molecule has 5 heterocycles. The number of hydrogen-bond acceptors (Lipinski definition) is 8. The number of anilines is 1. The van der Waals surface area contributed by atoms with Crippen LogP contribution in [0.4, 0.5) is 5.95 Å². The second-order valence-corrected chi connectivity index (χ2v) is 8.37. The molecule has 0 amide bonds. The topological polar surface area (TPSA) is 92.6 Å². The lowest BCUT2D eigenvalue weighted by Crippen LogP contribution is -2.46. The Hall–Kier alpha value is -2.65. The molecule has 11 heteroatoms. The van der Waals surface area contributed by atoms with Crippen molar-refractivity contribution < 1.29 is 0 Å². The third-order valence-corrected chi connectivity index (χ3v) is 6.14. The highest BCUT2D eigenvalue weighted by Crippen LogP contribution is 2.31. The van der Waals surface area contributed by atoms with E-state index in [0.717, 1.165) is 54.4 Å². The van der Waals surface area contributed by atoms with Crippen molar-refractivity contribution in [2.45, 2.75) is 11.8 Å². The highest BCUT2D eigenvalue weighted by molar-refractivity contribution is 6.30. The summed E-state index contributed by atoms with van der Waals surface area (Å²) in [6.45, 7) is 3.57. The lowest BCUT2D eigenvalue weighted by molar-refractivity contribution is 0.439. The Bertz CT molecular complexity index is 1230. The highest BCUT2D eigenvalue weighted by Gasteiger charge is 2.32. The van der Waals surface area contributed by atoms with Crippen LogP contribution in [0.1, 0.15) is 23.2 Å². The summed E-state index contributed by atoms with van der Waals surface area (Å²) in [5, 5.41) is 5.24. The van der Waals surface area contributed by atoms with Gasteiger partial charge in [0.2, 0.25) is 5.95 Å². The molecule has 0 bridgehead atoms. The molecule has 2 aliphatic heterocycles. The smallest absolute Gasteiger partial charge is 0.225 e. The summed E-state index contributed by atoms with van der Waals surface area (Å²) in [4.78, 5) is 27.7. The van der Waals surface area contributed by atoms with Crippen LogP contribution in [-0.2, 0) is 0 Å². The van der Waals surface area contributed by atoms with Gasteiger partial charge in [-0.1, -0.05) is 41.4 Å². The molecule has 1 aromatic carbocycles. The van der Waals surface area contributed by atoms with Crippen LogP contribution in [0.15, 0.2) is 55.2 Å². The molecule has 0 saturated carbocycles. The number of nitrogens with one attached hydrogen (secondary N) is 1. The number of benzene rings is 1. The summed E-state index contributed by atoms with van der Waals surface area (Å²) in [7, 11) is 0. The molecule has 2 aliphatic rings. The molecule has 0 unspecified atom stereocenters. The molecule has 170 valence electrons. The molecule has 4 aromatic rings. The number of aromatic nitrogens is 6. The Kier molecular flexibility index (Phi) is 7.49. The van der Waals surface area contributed by atoms with E-state index < -0.39 is 0 Å². The number of para-hydroxylation sites is 1. The maximum atomic E-state index is 6.08. The van der Waals surface area contributed by atoms with Gasteiger partial charge in [0, 0.05) is 74.4 Å². The van der Waals surface area contributed by atoms with Gasteiger partial charge in [-0.2, -0.15) is 0 Å². The molecular weight excluding hydrogens is 483 g/mol. The van der Waals surface area contributed by atoms with Crippen LogP contribution in [-0.4, -0.2) is 56.1 Å². The summed E-state index contributed by atoms with van der Waals surface area (Å²) >= 11 is 11.9. The molecule has 0 spiro atoms. The van der Waals surface area contributed by atoms with Crippen molar-refractivity contribution in [1.29, 1.82) is 0 Å². The first-order chi connectivity index (χ1) is 15.7. The lowest BCUT2D eigenvalue weighted by atomic mass is 9.97. The van der Waals surface area contributed by atoms with E-state index in [-0.39, 0.29) is 12.4 Å². The van der Waals surface area contributed by atoms with E-state index in [1.54, 1.807) is 24.8 Å². The second-order valence-electron chi connectivity index (χ2n) is 7.65. The van der Waals surface area contributed by atoms with Crippen LogP contribution in [0.2, 0.25) is 10.3 Å². The minimum absolute atomic E-state index is 0. The molecule has 0 atom stereocenters. The van der Waals surface area contributed by atoms with Crippen LogP contribution < -0.4 is 10.2 Å². The Morgan fingerprint density at radius 3 is 2.00 bits per heavy atom. The molecule has 3 aromatic heterocycles. The summed E-state index contributed by atoms with van der Waals surface area (Å²) in [5.74, 6) is 1.52. The van der Waals surface area contributed by atoms with Crippen LogP contribution >= 0.6 is 35.6 Å². The first-order valence-electron chi connectivity index (χ1n) is 10.3. The summed E-state index contributed by atoms with van der Waals surface area (Å²) in [5.41, 5.74) is 2.74. The SMILES string of the molecule is Cl.Clc1nccnc1C1CN(c2ncc3ccccc3n2)C1.Clc1nccnc1C1CNC1. The van der Waals surface area contributed by atoms with Crippen molar-refractivity contribution in [3.63, 3.8) is 0 Å². The van der Waals surface area contributed by atoms with Crippen LogP contribution in [0.25, 0.3) is 10.9 Å². The van der Waals surface area contributed by atoms with Crippen LogP contribution in [0, 0.1) is 0 Å². The quantitative estimate of drug-likeness (QED) is 0.450. The van der Waals surface area contributed by atoms with E-state index in [1.165, 1.54) is 0 Å². The zero-order valence-electron chi connectivity index (χ0n) is 17.5. The summed E-state index contributed by atoms with van der Waals surface area (Å²) < 4.78 is 0. The minimum Gasteiger partial charge on any atom is -0.339 e. The van der Waals surface area contributed by atoms with Crippen LogP contribution in [0.5, 0.6) is 0 Å². The number of rotatable bonds is 3. The monoisotopic (exact) mass is 502 g/mol. The zero-order chi connectivity index (χ0) is 21.9. The molecule has 1 N–H and O–H groups in total. The van der Waals surface area contributed by atoms with Crippen molar-refractivity contribution in [2.75, 3.05) is 31.1 Å². The van der Waals surface area contributed by atoms with E-state index in [4.69, 9.17) is 23.2 Å². The number of hydrogen-bond donors (Lipinski definition) is 1. The lowest BCUT2D eigenvalue weighted by Gasteiger charge is -2.38. The Balaban J connectivity index is 0.000000183. The van der Waals surface area contributed by atoms with Gasteiger partial charge in [-0.15, -0.1) is 12.4 Å². The zero-order valence-corrected chi connectivity index (χ0v) is 19.8. The first-order valence-corrected chi connectivity index (χ1v) is 11.0. The fourth-order valence-corrected chi connectivity index (χ4v) is 4.14. The second kappa shape index (κ2) is 10.5. The van der Waals surface area contributed by atoms with Gasteiger partial charge in [0.15, 0.2) is 10.3 Å². The average Bonchev–Trinajstić information content (AvgIpc) is 2.75.